The van der Waals surface area contributed by atoms with E-state index in [0.717, 1.165) is 24.5 Å². The molecule has 1 heterocycles. The van der Waals surface area contributed by atoms with Crippen molar-refractivity contribution in [1.82, 2.24) is 5.32 Å². The first-order chi connectivity index (χ1) is 7.74. The van der Waals surface area contributed by atoms with E-state index in [2.05, 4.69) is 5.32 Å². The minimum absolute atomic E-state index is 0.471. The molecule has 0 saturated carbocycles. The highest BCUT2D eigenvalue weighted by atomic mass is 35.5. The molecule has 0 unspecified atom stereocenters. The molecule has 4 heteroatoms. The second-order valence-electron chi connectivity index (χ2n) is 3.86. The molecule has 0 bridgehead atoms. The maximum absolute atomic E-state index is 5.85. The van der Waals surface area contributed by atoms with Crippen molar-refractivity contribution >= 4 is 11.6 Å². The largest absolute Gasteiger partial charge is 0.494 e. The number of rotatable bonds is 4. The molecule has 2 rings (SSSR count). The number of hydrogen-bond donors (Lipinski definition) is 2. The van der Waals surface area contributed by atoms with E-state index in [-0.39, 0.29) is 0 Å². The van der Waals surface area contributed by atoms with Gasteiger partial charge in [-0.1, -0.05) is 17.7 Å². The standard InChI is InChI=1S/C12H15ClN2O/c13-10-2-1-3-11(7-10)16-5-4-9-6-12(14)15-8-9/h1-3,6-7,9,15H,4-5,8,14H2/t9-/m0/s1. The fraction of sp³-hybridized carbons (Fsp3) is 0.333. The van der Waals surface area contributed by atoms with Gasteiger partial charge in [-0.05, 0) is 30.7 Å². The number of nitrogens with two attached hydrogens (primary N) is 1. The topological polar surface area (TPSA) is 47.3 Å². The molecular formula is C12H15ClN2O. The highest BCUT2D eigenvalue weighted by Crippen LogP contribution is 2.18. The lowest BCUT2D eigenvalue weighted by molar-refractivity contribution is 0.293. The summed E-state index contributed by atoms with van der Waals surface area (Å²) in [7, 11) is 0. The van der Waals surface area contributed by atoms with Gasteiger partial charge in [0.1, 0.15) is 5.75 Å². The van der Waals surface area contributed by atoms with Gasteiger partial charge in [0.05, 0.1) is 12.4 Å². The van der Waals surface area contributed by atoms with Crippen LogP contribution in [0.4, 0.5) is 0 Å². The number of nitrogens with one attached hydrogen (secondary N) is 1. The van der Waals surface area contributed by atoms with Crippen molar-refractivity contribution in [1.29, 1.82) is 0 Å². The molecule has 1 atom stereocenters. The first-order valence-electron chi connectivity index (χ1n) is 5.33. The number of ether oxygens (including phenoxy) is 1. The summed E-state index contributed by atoms with van der Waals surface area (Å²) in [6, 6.07) is 7.44. The molecule has 0 amide bonds. The molecule has 86 valence electrons. The zero-order valence-electron chi connectivity index (χ0n) is 8.95. The van der Waals surface area contributed by atoms with Crippen LogP contribution in [0, 0.1) is 5.92 Å². The molecule has 1 aliphatic rings. The van der Waals surface area contributed by atoms with Crippen LogP contribution >= 0.6 is 11.6 Å². The second-order valence-corrected chi connectivity index (χ2v) is 4.29. The van der Waals surface area contributed by atoms with E-state index in [0.29, 0.717) is 17.5 Å². The molecule has 3 nitrogen and oxygen atoms in total. The monoisotopic (exact) mass is 238 g/mol. The third-order valence-corrected chi connectivity index (χ3v) is 2.77. The minimum Gasteiger partial charge on any atom is -0.494 e. The average molecular weight is 239 g/mol. The third-order valence-electron chi connectivity index (χ3n) is 2.54. The van der Waals surface area contributed by atoms with Crippen LogP contribution in [0.1, 0.15) is 6.42 Å². The molecule has 0 spiro atoms. The number of benzene rings is 1. The van der Waals surface area contributed by atoms with Crippen LogP contribution in [-0.2, 0) is 0 Å². The maximum Gasteiger partial charge on any atom is 0.120 e. The SMILES string of the molecule is NC1=C[C@H](CCOc2cccc(Cl)c2)CN1. The second kappa shape index (κ2) is 5.12. The van der Waals surface area contributed by atoms with Crippen molar-refractivity contribution < 1.29 is 4.74 Å². The molecule has 0 saturated heterocycles. The van der Waals surface area contributed by atoms with Gasteiger partial charge in [-0.3, -0.25) is 0 Å². The Labute approximate surface area is 100 Å². The summed E-state index contributed by atoms with van der Waals surface area (Å²) in [5.41, 5.74) is 5.62. The van der Waals surface area contributed by atoms with Crippen LogP contribution in [-0.4, -0.2) is 13.2 Å². The summed E-state index contributed by atoms with van der Waals surface area (Å²) >= 11 is 5.85. The van der Waals surface area contributed by atoms with E-state index in [1.807, 2.05) is 30.3 Å². The van der Waals surface area contributed by atoms with Gasteiger partial charge in [-0.15, -0.1) is 0 Å². The summed E-state index contributed by atoms with van der Waals surface area (Å²) in [4.78, 5) is 0. The Hall–Kier alpha value is -1.35. The molecule has 3 N–H and O–H groups in total. The maximum atomic E-state index is 5.85. The Morgan fingerprint density at radius 1 is 1.50 bits per heavy atom. The van der Waals surface area contributed by atoms with E-state index < -0.39 is 0 Å². The summed E-state index contributed by atoms with van der Waals surface area (Å²) in [5, 5.41) is 3.79. The first kappa shape index (κ1) is 11.1. The molecule has 1 aromatic carbocycles. The van der Waals surface area contributed by atoms with Crippen LogP contribution in [0.2, 0.25) is 5.02 Å². The molecule has 1 aliphatic heterocycles. The number of hydrogen-bond acceptors (Lipinski definition) is 3. The Balaban J connectivity index is 1.76. The predicted molar refractivity (Wildman–Crippen MR) is 65.3 cm³/mol. The van der Waals surface area contributed by atoms with Crippen molar-refractivity contribution in [2.75, 3.05) is 13.2 Å². The van der Waals surface area contributed by atoms with Crippen molar-refractivity contribution in [3.05, 3.63) is 41.2 Å². The molecule has 0 aliphatic carbocycles. The predicted octanol–water partition coefficient (Wildman–Crippen LogP) is 2.13. The zero-order chi connectivity index (χ0) is 11.4. The average Bonchev–Trinajstić information content (AvgIpc) is 2.64. The van der Waals surface area contributed by atoms with Gasteiger partial charge in [-0.25, -0.2) is 0 Å². The third kappa shape index (κ3) is 3.07. The molecule has 0 aromatic heterocycles. The summed E-state index contributed by atoms with van der Waals surface area (Å²) in [6.45, 7) is 1.58. The van der Waals surface area contributed by atoms with Crippen molar-refractivity contribution in [2.45, 2.75) is 6.42 Å². The lowest BCUT2D eigenvalue weighted by atomic mass is 10.1. The Morgan fingerprint density at radius 2 is 2.38 bits per heavy atom. The van der Waals surface area contributed by atoms with E-state index >= 15 is 0 Å². The molecular weight excluding hydrogens is 224 g/mol. The van der Waals surface area contributed by atoms with Gasteiger partial charge < -0.3 is 15.8 Å². The zero-order valence-corrected chi connectivity index (χ0v) is 9.70. The van der Waals surface area contributed by atoms with Crippen molar-refractivity contribution in [3.63, 3.8) is 0 Å². The Morgan fingerprint density at radius 3 is 3.06 bits per heavy atom. The Bertz CT molecular complexity index is 392. The normalized spacial score (nSPS) is 19.1. The highest BCUT2D eigenvalue weighted by Gasteiger charge is 2.12. The van der Waals surface area contributed by atoms with Gasteiger partial charge >= 0.3 is 0 Å². The molecule has 16 heavy (non-hydrogen) atoms. The lowest BCUT2D eigenvalue weighted by Gasteiger charge is -2.09. The quantitative estimate of drug-likeness (QED) is 0.845. The van der Waals surface area contributed by atoms with Gasteiger partial charge in [0, 0.05) is 17.5 Å². The van der Waals surface area contributed by atoms with E-state index in [4.69, 9.17) is 22.1 Å². The van der Waals surface area contributed by atoms with Crippen LogP contribution in [0.25, 0.3) is 0 Å². The molecule has 0 fully saturated rings. The van der Waals surface area contributed by atoms with E-state index in [1.54, 1.807) is 0 Å². The van der Waals surface area contributed by atoms with E-state index in [9.17, 15) is 0 Å². The minimum atomic E-state index is 0.471. The van der Waals surface area contributed by atoms with E-state index in [1.165, 1.54) is 0 Å². The van der Waals surface area contributed by atoms with Crippen LogP contribution in [0.3, 0.4) is 0 Å². The summed E-state index contributed by atoms with van der Waals surface area (Å²) < 4.78 is 5.60. The number of halogens is 1. The van der Waals surface area contributed by atoms with Gasteiger partial charge in [0.25, 0.3) is 0 Å². The fourth-order valence-electron chi connectivity index (χ4n) is 1.69. The van der Waals surface area contributed by atoms with Crippen molar-refractivity contribution in [2.24, 2.45) is 11.7 Å². The summed E-state index contributed by atoms with van der Waals surface area (Å²) in [6.07, 6.45) is 3.00. The van der Waals surface area contributed by atoms with Gasteiger partial charge in [-0.2, -0.15) is 0 Å². The fourth-order valence-corrected chi connectivity index (χ4v) is 1.87. The van der Waals surface area contributed by atoms with Crippen molar-refractivity contribution in [3.8, 4) is 5.75 Å². The smallest absolute Gasteiger partial charge is 0.120 e. The van der Waals surface area contributed by atoms with Crippen LogP contribution < -0.4 is 15.8 Å². The van der Waals surface area contributed by atoms with Crippen LogP contribution in [0.5, 0.6) is 5.75 Å². The summed E-state index contributed by atoms with van der Waals surface area (Å²) in [5.74, 6) is 2.06. The Kier molecular flexibility index (Phi) is 3.57. The van der Waals surface area contributed by atoms with Gasteiger partial charge in [0.15, 0.2) is 0 Å². The van der Waals surface area contributed by atoms with Crippen LogP contribution in [0.15, 0.2) is 36.2 Å². The van der Waals surface area contributed by atoms with Gasteiger partial charge in [0.2, 0.25) is 0 Å². The lowest BCUT2D eigenvalue weighted by Crippen LogP contribution is -2.17. The highest BCUT2D eigenvalue weighted by molar-refractivity contribution is 6.30. The molecule has 1 aromatic rings. The first-order valence-corrected chi connectivity index (χ1v) is 5.71. The molecule has 0 radical (unpaired) electrons.